The van der Waals surface area contributed by atoms with Crippen molar-refractivity contribution >= 4 is 45.1 Å². The first-order chi connectivity index (χ1) is 55.5. The van der Waals surface area contributed by atoms with Crippen LogP contribution in [-0.4, -0.2) is 72.8 Å². The Bertz CT molecular complexity index is 2800. The van der Waals surface area contributed by atoms with Crippen molar-refractivity contribution in [3.05, 3.63) is 47.0 Å². The summed E-state index contributed by atoms with van der Waals surface area (Å²) in [5, 5.41) is 0. The molecule has 3 aromatic heterocycles. The van der Waals surface area contributed by atoms with Crippen LogP contribution in [0.1, 0.15) is 489 Å². The molecular weight excluding hydrogens is 1580 g/mol. The van der Waals surface area contributed by atoms with Crippen LogP contribution in [0.15, 0.2) is 24.3 Å². The first kappa shape index (κ1) is 101. The minimum Gasteiger partial charge on any atom is -0.488 e. The van der Waals surface area contributed by atoms with Gasteiger partial charge in [-0.2, -0.15) is 0 Å². The molecule has 8 bridgehead atoms. The molecule has 5 rings (SSSR count). The predicted octanol–water partition coefficient (Wildman–Crippen LogP) is 32.7. The number of unbranched alkanes of at least 4 members (excludes halogenated alkanes) is 56. The Morgan fingerprint density at radius 1 is 0.177 bits per heavy atom. The molecular formula is C100H174N4O8Pt. The van der Waals surface area contributed by atoms with Gasteiger partial charge in [0.2, 0.25) is 0 Å². The van der Waals surface area contributed by atoms with Crippen LogP contribution in [-0.2, 0) is 40.0 Å². The number of aromatic nitrogens is 4. The second kappa shape index (κ2) is 70.7. The van der Waals surface area contributed by atoms with E-state index < -0.39 is 0 Å². The Morgan fingerprint density at radius 2 is 0.319 bits per heavy atom. The van der Waals surface area contributed by atoms with E-state index in [2.05, 4.69) is 89.6 Å². The van der Waals surface area contributed by atoms with Gasteiger partial charge in [-0.05, 0) is 75.6 Å². The number of nitrogens with zero attached hydrogens (tertiary/aromatic N) is 2. The van der Waals surface area contributed by atoms with Crippen LogP contribution in [0.5, 0.6) is 23.0 Å². The Labute approximate surface area is 708 Å². The standard InChI is InChI=1S/C100H174N4O8.Pt/c1-9-17-25-33-41-49-57-65-73-105-93-85-81-87-95(107-75-67-59-51-43-35-27-19-11-3)97(109-77-69-61-53-45-37-29-21-13-5)89(102-87)83-91-99(111-79-71-63-55-47-39-31-23-15-7)100(112-80-72-64-56-48-40-32-24-16-8)92(104-91)84-90-98(110-78-70-62-54-46-38-30-22-14-6)96(108-76-68-60-52-44-36-28-20-12-4)88(103-90)82-86(101-85)94(93)106-74-66-58-50-42-34-26-18-10-2;/h81-84,101-102H,9-80H2,1-8H3;. The fourth-order valence-electron chi connectivity index (χ4n) is 15.7. The molecule has 2 aliphatic rings. The zero-order chi connectivity index (χ0) is 79.5. The van der Waals surface area contributed by atoms with Gasteiger partial charge in [-0.15, -0.1) is 0 Å². The third-order valence-corrected chi connectivity index (χ3v) is 22.8. The van der Waals surface area contributed by atoms with Crippen molar-refractivity contribution in [2.45, 2.75) is 466 Å². The summed E-state index contributed by atoms with van der Waals surface area (Å²) in [5.41, 5.74) is 5.86. The molecule has 0 aromatic carbocycles. The summed E-state index contributed by atoms with van der Waals surface area (Å²) in [5.74, 6) is 5.42. The molecule has 0 saturated heterocycles. The molecule has 0 radical (unpaired) electrons. The largest absolute Gasteiger partial charge is 0.488 e. The van der Waals surface area contributed by atoms with Crippen molar-refractivity contribution in [3.8, 4) is 23.0 Å². The van der Waals surface area contributed by atoms with Crippen molar-refractivity contribution < 1.29 is 59.0 Å². The first-order valence-corrected chi connectivity index (χ1v) is 48.8. The molecule has 5 heterocycles. The van der Waals surface area contributed by atoms with Crippen LogP contribution in [0.3, 0.4) is 0 Å². The second-order valence-electron chi connectivity index (χ2n) is 33.5. The number of nitrogens with one attached hydrogen (secondary N) is 2. The van der Waals surface area contributed by atoms with Gasteiger partial charge in [-0.25, -0.2) is 9.97 Å². The summed E-state index contributed by atoms with van der Waals surface area (Å²) < 4.78 is 58.1. The monoisotopic (exact) mass is 1750 g/mol. The molecule has 2 aliphatic heterocycles. The fraction of sp³-hybridized carbons (Fsp3) is 0.800. The molecule has 113 heavy (non-hydrogen) atoms. The number of ether oxygens (including phenoxy) is 8. The summed E-state index contributed by atoms with van der Waals surface area (Å²) in [7, 11) is 0. The van der Waals surface area contributed by atoms with E-state index in [-0.39, 0.29) is 21.1 Å². The SMILES string of the molecule is CCCCCCCCCCOC1=C(OCCCCCCCCCC)c2cc3[nH]c(cc4[nH]c(cc5nc(cc1n2)C(OCCCCCCCCCC)=C5OCCCCCCCCCC)c(OCCCCCCCCCC)c4OCCCCCCCCCC)c(OCCCCCCCCCC)c3OCCCCCCCCCC.[Pt]. The minimum absolute atomic E-state index is 0. The van der Waals surface area contributed by atoms with Gasteiger partial charge in [0.1, 0.15) is 22.8 Å². The molecule has 2 N–H and O–H groups in total. The summed E-state index contributed by atoms with van der Waals surface area (Å²) in [6, 6.07) is 8.64. The summed E-state index contributed by atoms with van der Waals surface area (Å²) in [4.78, 5) is 19.4. The van der Waals surface area contributed by atoms with Crippen molar-refractivity contribution in [1.29, 1.82) is 0 Å². The van der Waals surface area contributed by atoms with Gasteiger partial charge in [0.25, 0.3) is 0 Å². The number of rotatable bonds is 80. The van der Waals surface area contributed by atoms with Crippen LogP contribution < -0.4 is 18.9 Å². The van der Waals surface area contributed by atoms with Crippen LogP contribution >= 0.6 is 0 Å². The van der Waals surface area contributed by atoms with Crippen LogP contribution in [0.25, 0.3) is 45.1 Å². The Morgan fingerprint density at radius 3 is 0.496 bits per heavy atom. The molecule has 0 atom stereocenters. The predicted molar refractivity (Wildman–Crippen MR) is 481 cm³/mol. The van der Waals surface area contributed by atoms with Crippen molar-refractivity contribution in [1.82, 2.24) is 19.9 Å². The topological polar surface area (TPSA) is 131 Å². The van der Waals surface area contributed by atoms with E-state index in [1.807, 2.05) is 0 Å². The van der Waals surface area contributed by atoms with Gasteiger partial charge in [-0.1, -0.05) is 415 Å². The van der Waals surface area contributed by atoms with Gasteiger partial charge in [-0.3, -0.25) is 0 Å². The zero-order valence-electron chi connectivity index (χ0n) is 74.7. The van der Waals surface area contributed by atoms with Gasteiger partial charge in [0.05, 0.1) is 74.9 Å². The number of H-pyrrole nitrogens is 2. The molecule has 12 nitrogen and oxygen atoms in total. The van der Waals surface area contributed by atoms with Gasteiger partial charge < -0.3 is 47.9 Å². The smallest absolute Gasteiger partial charge is 0.189 e. The number of hydrogen-bond acceptors (Lipinski definition) is 10. The maximum absolute atomic E-state index is 7.27. The molecule has 0 unspecified atom stereocenters. The van der Waals surface area contributed by atoms with E-state index in [4.69, 9.17) is 47.9 Å². The third-order valence-electron chi connectivity index (χ3n) is 22.8. The molecule has 0 spiro atoms. The van der Waals surface area contributed by atoms with E-state index in [0.717, 1.165) is 125 Å². The molecule has 0 aliphatic carbocycles. The average molecular weight is 1760 g/mol. The maximum atomic E-state index is 7.27. The van der Waals surface area contributed by atoms with E-state index in [1.165, 1.54) is 308 Å². The number of hydrogen-bond donors (Lipinski definition) is 2. The molecule has 3 aromatic rings. The average Bonchev–Trinajstić information content (AvgIpc) is 1.61. The third kappa shape index (κ3) is 44.9. The summed E-state index contributed by atoms with van der Waals surface area (Å²) in [6.07, 6.45) is 77.4. The van der Waals surface area contributed by atoms with Crippen molar-refractivity contribution in [2.75, 3.05) is 52.9 Å². The van der Waals surface area contributed by atoms with E-state index in [9.17, 15) is 0 Å². The fourth-order valence-corrected chi connectivity index (χ4v) is 15.7. The van der Waals surface area contributed by atoms with Gasteiger partial charge in [0.15, 0.2) is 46.0 Å². The number of fused-ring (bicyclic) bond motifs is 8. The van der Waals surface area contributed by atoms with E-state index >= 15 is 0 Å². The molecule has 0 saturated carbocycles. The Balaban J connectivity index is 0.0000269. The van der Waals surface area contributed by atoms with E-state index in [1.54, 1.807) is 0 Å². The van der Waals surface area contributed by atoms with E-state index in [0.29, 0.717) is 122 Å². The van der Waals surface area contributed by atoms with Gasteiger partial charge in [0, 0.05) is 21.1 Å². The zero-order valence-corrected chi connectivity index (χ0v) is 77.0. The van der Waals surface area contributed by atoms with Gasteiger partial charge >= 0.3 is 0 Å². The molecule has 13 heteroatoms. The van der Waals surface area contributed by atoms with Crippen molar-refractivity contribution in [2.24, 2.45) is 0 Å². The summed E-state index contributed by atoms with van der Waals surface area (Å²) >= 11 is 0. The van der Waals surface area contributed by atoms with Crippen LogP contribution in [0.2, 0.25) is 0 Å². The number of aromatic amines is 2. The Hall–Kier alpha value is -4.31. The molecule has 0 amide bonds. The van der Waals surface area contributed by atoms with Crippen LogP contribution in [0.4, 0.5) is 0 Å². The summed E-state index contributed by atoms with van der Waals surface area (Å²) in [6.45, 7) is 22.8. The first-order valence-electron chi connectivity index (χ1n) is 48.8. The van der Waals surface area contributed by atoms with Crippen LogP contribution in [0, 0.1) is 0 Å². The maximum Gasteiger partial charge on any atom is 0.189 e. The molecule has 0 fully saturated rings. The normalized spacial score (nSPS) is 12.2. The van der Waals surface area contributed by atoms with Crippen molar-refractivity contribution in [3.63, 3.8) is 0 Å². The Kier molecular flexibility index (Phi) is 63.2. The quantitative estimate of drug-likeness (QED) is 0.0527. The minimum atomic E-state index is 0. The second-order valence-corrected chi connectivity index (χ2v) is 33.5. The molecule has 652 valence electrons.